The third-order valence-corrected chi connectivity index (χ3v) is 2.98. The number of hydrogen-bond donors (Lipinski definition) is 0. The van der Waals surface area contributed by atoms with Gasteiger partial charge in [0, 0.05) is 23.3 Å². The Kier molecular flexibility index (Phi) is 2.52. The van der Waals surface area contributed by atoms with Crippen LogP contribution in [0.4, 0.5) is 4.39 Å². The molecule has 3 rings (SSSR count). The van der Waals surface area contributed by atoms with Gasteiger partial charge in [-0.3, -0.25) is 9.97 Å². The maximum Gasteiger partial charge on any atom is 0.123 e. The van der Waals surface area contributed by atoms with Gasteiger partial charge in [-0.1, -0.05) is 6.07 Å². The van der Waals surface area contributed by atoms with Crippen LogP contribution in [0.5, 0.6) is 0 Å². The highest BCUT2D eigenvalue weighted by Gasteiger charge is 2.09. The van der Waals surface area contributed by atoms with Crippen LogP contribution >= 0.6 is 0 Å². The fourth-order valence-corrected chi connectivity index (χ4v) is 2.07. The minimum Gasteiger partial charge on any atom is -0.256 e. The molecular formula is C15H11FN2. The molecule has 2 heterocycles. The number of rotatable bonds is 1. The van der Waals surface area contributed by atoms with Gasteiger partial charge in [0.2, 0.25) is 0 Å². The summed E-state index contributed by atoms with van der Waals surface area (Å²) in [6, 6.07) is 10.4. The first-order valence-electron chi connectivity index (χ1n) is 5.72. The van der Waals surface area contributed by atoms with Crippen molar-refractivity contribution in [2.24, 2.45) is 0 Å². The topological polar surface area (TPSA) is 25.8 Å². The van der Waals surface area contributed by atoms with E-state index in [2.05, 4.69) is 9.97 Å². The third-order valence-electron chi connectivity index (χ3n) is 2.98. The molecule has 88 valence electrons. The van der Waals surface area contributed by atoms with Crippen molar-refractivity contribution < 1.29 is 4.39 Å². The van der Waals surface area contributed by atoms with Crippen molar-refractivity contribution in [3.05, 3.63) is 60.2 Å². The van der Waals surface area contributed by atoms with Gasteiger partial charge in [-0.15, -0.1) is 0 Å². The van der Waals surface area contributed by atoms with Gasteiger partial charge < -0.3 is 0 Å². The molecule has 2 aromatic heterocycles. The number of fused-ring (bicyclic) bond motifs is 1. The molecule has 0 atom stereocenters. The molecule has 0 N–H and O–H groups in total. The number of benzene rings is 1. The van der Waals surface area contributed by atoms with Gasteiger partial charge in [-0.25, -0.2) is 4.39 Å². The second kappa shape index (κ2) is 4.18. The van der Waals surface area contributed by atoms with E-state index in [1.807, 2.05) is 25.1 Å². The Labute approximate surface area is 104 Å². The van der Waals surface area contributed by atoms with E-state index >= 15 is 0 Å². The van der Waals surface area contributed by atoms with Gasteiger partial charge >= 0.3 is 0 Å². The standard InChI is InChI=1S/C15H11FN2/c1-10-4-5-11(16)9-13(10)15-12-3-2-7-17-14(12)6-8-18-15/h2-9H,1H3. The highest BCUT2D eigenvalue weighted by atomic mass is 19.1. The molecule has 0 amide bonds. The Morgan fingerprint density at radius 1 is 1.00 bits per heavy atom. The Morgan fingerprint density at radius 2 is 1.89 bits per heavy atom. The lowest BCUT2D eigenvalue weighted by Gasteiger charge is -2.08. The predicted molar refractivity (Wildman–Crippen MR) is 69.7 cm³/mol. The van der Waals surface area contributed by atoms with E-state index in [0.29, 0.717) is 0 Å². The van der Waals surface area contributed by atoms with Gasteiger partial charge in [0.15, 0.2) is 0 Å². The lowest BCUT2D eigenvalue weighted by molar-refractivity contribution is 0.628. The average Bonchev–Trinajstić information content (AvgIpc) is 2.41. The summed E-state index contributed by atoms with van der Waals surface area (Å²) in [5.41, 5.74) is 3.46. The van der Waals surface area contributed by atoms with Crippen molar-refractivity contribution >= 4 is 10.9 Å². The highest BCUT2D eigenvalue weighted by Crippen LogP contribution is 2.28. The van der Waals surface area contributed by atoms with Gasteiger partial charge in [0.05, 0.1) is 11.2 Å². The second-order valence-corrected chi connectivity index (χ2v) is 4.19. The summed E-state index contributed by atoms with van der Waals surface area (Å²) in [5, 5.41) is 0.939. The van der Waals surface area contributed by atoms with E-state index in [9.17, 15) is 4.39 Å². The summed E-state index contributed by atoms with van der Waals surface area (Å²) in [4.78, 5) is 8.66. The van der Waals surface area contributed by atoms with Gasteiger partial charge in [-0.2, -0.15) is 0 Å². The zero-order valence-electron chi connectivity index (χ0n) is 9.89. The van der Waals surface area contributed by atoms with Crippen LogP contribution in [0.15, 0.2) is 48.8 Å². The number of aromatic nitrogens is 2. The number of aryl methyl sites for hydroxylation is 1. The number of pyridine rings is 2. The van der Waals surface area contributed by atoms with E-state index in [4.69, 9.17) is 0 Å². The molecule has 18 heavy (non-hydrogen) atoms. The van der Waals surface area contributed by atoms with Crippen LogP contribution in [-0.4, -0.2) is 9.97 Å². The first kappa shape index (κ1) is 10.8. The summed E-state index contributed by atoms with van der Waals surface area (Å²) in [7, 11) is 0. The second-order valence-electron chi connectivity index (χ2n) is 4.19. The highest BCUT2D eigenvalue weighted by molar-refractivity contribution is 5.92. The summed E-state index contributed by atoms with van der Waals surface area (Å²) >= 11 is 0. The summed E-state index contributed by atoms with van der Waals surface area (Å²) in [6.45, 7) is 1.95. The maximum atomic E-state index is 13.4. The Morgan fingerprint density at radius 3 is 2.78 bits per heavy atom. The molecule has 0 bridgehead atoms. The van der Waals surface area contributed by atoms with Crippen molar-refractivity contribution in [3.63, 3.8) is 0 Å². The van der Waals surface area contributed by atoms with Crippen molar-refractivity contribution in [2.45, 2.75) is 6.92 Å². The van der Waals surface area contributed by atoms with E-state index in [0.717, 1.165) is 27.7 Å². The largest absolute Gasteiger partial charge is 0.256 e. The quantitative estimate of drug-likeness (QED) is 0.645. The van der Waals surface area contributed by atoms with Crippen molar-refractivity contribution in [1.82, 2.24) is 9.97 Å². The molecule has 0 radical (unpaired) electrons. The maximum absolute atomic E-state index is 13.4. The third kappa shape index (κ3) is 1.74. The number of nitrogens with zero attached hydrogens (tertiary/aromatic N) is 2. The van der Waals surface area contributed by atoms with Crippen LogP contribution in [0.1, 0.15) is 5.56 Å². The molecule has 0 aliphatic carbocycles. The van der Waals surface area contributed by atoms with Gasteiger partial charge in [0.25, 0.3) is 0 Å². The first-order valence-corrected chi connectivity index (χ1v) is 5.72. The average molecular weight is 238 g/mol. The smallest absolute Gasteiger partial charge is 0.123 e. The minimum absolute atomic E-state index is 0.252. The molecule has 0 saturated carbocycles. The van der Waals surface area contributed by atoms with Crippen LogP contribution in [0.25, 0.3) is 22.2 Å². The van der Waals surface area contributed by atoms with E-state index in [1.165, 1.54) is 12.1 Å². The van der Waals surface area contributed by atoms with Crippen molar-refractivity contribution in [3.8, 4) is 11.3 Å². The van der Waals surface area contributed by atoms with Crippen molar-refractivity contribution in [1.29, 1.82) is 0 Å². The first-order chi connectivity index (χ1) is 8.75. The molecule has 0 unspecified atom stereocenters. The monoisotopic (exact) mass is 238 g/mol. The molecule has 1 aromatic carbocycles. The predicted octanol–water partition coefficient (Wildman–Crippen LogP) is 3.74. The molecule has 0 aliphatic rings. The lowest BCUT2D eigenvalue weighted by Crippen LogP contribution is -1.91. The molecule has 3 aromatic rings. The zero-order valence-corrected chi connectivity index (χ0v) is 9.89. The van der Waals surface area contributed by atoms with Gasteiger partial charge in [-0.05, 0) is 42.8 Å². The molecule has 2 nitrogen and oxygen atoms in total. The summed E-state index contributed by atoms with van der Waals surface area (Å²) in [5.74, 6) is -0.252. The Hall–Kier alpha value is -2.29. The SMILES string of the molecule is Cc1ccc(F)cc1-c1nccc2ncccc12. The summed E-state index contributed by atoms with van der Waals surface area (Å²) in [6.07, 6.45) is 3.44. The molecule has 0 spiro atoms. The van der Waals surface area contributed by atoms with E-state index in [-0.39, 0.29) is 5.82 Å². The molecular weight excluding hydrogens is 227 g/mol. The Bertz CT molecular complexity index is 717. The van der Waals surface area contributed by atoms with Crippen LogP contribution in [-0.2, 0) is 0 Å². The van der Waals surface area contributed by atoms with Crippen molar-refractivity contribution in [2.75, 3.05) is 0 Å². The number of hydrogen-bond acceptors (Lipinski definition) is 2. The van der Waals surface area contributed by atoms with Crippen LogP contribution < -0.4 is 0 Å². The zero-order chi connectivity index (χ0) is 12.5. The van der Waals surface area contributed by atoms with E-state index in [1.54, 1.807) is 18.5 Å². The molecule has 0 aliphatic heterocycles. The van der Waals surface area contributed by atoms with Crippen LogP contribution in [0.2, 0.25) is 0 Å². The minimum atomic E-state index is -0.252. The normalized spacial score (nSPS) is 10.8. The summed E-state index contributed by atoms with van der Waals surface area (Å²) < 4.78 is 13.4. The Balaban J connectivity index is 2.35. The lowest BCUT2D eigenvalue weighted by atomic mass is 10.0. The number of halogens is 1. The molecule has 0 fully saturated rings. The fourth-order valence-electron chi connectivity index (χ4n) is 2.07. The molecule has 3 heteroatoms. The van der Waals surface area contributed by atoms with E-state index < -0.39 is 0 Å². The van der Waals surface area contributed by atoms with Crippen LogP contribution in [0.3, 0.4) is 0 Å². The van der Waals surface area contributed by atoms with Gasteiger partial charge in [0.1, 0.15) is 5.82 Å². The van der Waals surface area contributed by atoms with Crippen LogP contribution in [0, 0.1) is 12.7 Å². The fraction of sp³-hybridized carbons (Fsp3) is 0.0667. The molecule has 0 saturated heterocycles.